The maximum atomic E-state index is 13.7. The number of thiophene rings is 1. The molecule has 0 aliphatic heterocycles. The molecule has 1 amide bonds. The first-order valence-corrected chi connectivity index (χ1v) is 10.2. The lowest BCUT2D eigenvalue weighted by molar-refractivity contribution is 0.0938. The fourth-order valence-electron chi connectivity index (χ4n) is 4.12. The molecule has 1 N–H and O–H groups in total. The summed E-state index contributed by atoms with van der Waals surface area (Å²) in [5, 5.41) is 5.00. The minimum Gasteiger partial charge on any atom is -0.351 e. The smallest absolute Gasteiger partial charge is 0.261 e. The van der Waals surface area contributed by atoms with Gasteiger partial charge in [0, 0.05) is 12.6 Å². The summed E-state index contributed by atoms with van der Waals surface area (Å²) < 4.78 is 13.7. The molecule has 1 unspecified atom stereocenters. The Bertz CT molecular complexity index is 709. The molecule has 1 aromatic heterocycles. The number of hydrogen-bond acceptors (Lipinski definition) is 3. The molecule has 1 aromatic carbocycles. The Morgan fingerprint density at radius 3 is 2.62 bits per heavy atom. The van der Waals surface area contributed by atoms with Crippen LogP contribution in [0.4, 0.5) is 4.39 Å². The third kappa shape index (κ3) is 4.71. The largest absolute Gasteiger partial charge is 0.351 e. The maximum absolute atomic E-state index is 13.7. The molecule has 1 aliphatic rings. The summed E-state index contributed by atoms with van der Waals surface area (Å²) in [6.07, 6.45) is 4.43. The molecule has 1 aliphatic carbocycles. The first kappa shape index (κ1) is 19.1. The molecule has 0 saturated heterocycles. The van der Waals surface area contributed by atoms with Crippen molar-refractivity contribution < 1.29 is 9.18 Å². The first-order valence-electron chi connectivity index (χ1n) is 9.28. The van der Waals surface area contributed by atoms with Gasteiger partial charge in [0.1, 0.15) is 5.82 Å². The van der Waals surface area contributed by atoms with E-state index in [9.17, 15) is 9.18 Å². The van der Waals surface area contributed by atoms with Crippen molar-refractivity contribution in [3.8, 4) is 0 Å². The fourth-order valence-corrected chi connectivity index (χ4v) is 4.76. The second-order valence-corrected chi connectivity index (χ2v) is 8.38. The molecular formula is C21H27FN2OS. The van der Waals surface area contributed by atoms with Gasteiger partial charge in [0.05, 0.1) is 4.88 Å². The van der Waals surface area contributed by atoms with Gasteiger partial charge in [0.2, 0.25) is 0 Å². The van der Waals surface area contributed by atoms with Crippen LogP contribution in [0, 0.1) is 17.7 Å². The second kappa shape index (κ2) is 8.78. The Morgan fingerprint density at radius 1 is 1.23 bits per heavy atom. The summed E-state index contributed by atoms with van der Waals surface area (Å²) in [5.41, 5.74) is 1.06. The van der Waals surface area contributed by atoms with Gasteiger partial charge < -0.3 is 10.2 Å². The van der Waals surface area contributed by atoms with E-state index in [1.54, 1.807) is 12.1 Å². The van der Waals surface area contributed by atoms with Crippen LogP contribution in [0.15, 0.2) is 41.8 Å². The first-order chi connectivity index (χ1) is 12.5. The quantitative estimate of drug-likeness (QED) is 0.793. The van der Waals surface area contributed by atoms with E-state index in [0.29, 0.717) is 11.8 Å². The third-order valence-corrected chi connectivity index (χ3v) is 6.25. The van der Waals surface area contributed by atoms with E-state index < -0.39 is 0 Å². The van der Waals surface area contributed by atoms with Crippen LogP contribution < -0.4 is 5.32 Å². The summed E-state index contributed by atoms with van der Waals surface area (Å²) in [4.78, 5) is 15.1. The number of benzene rings is 1. The maximum Gasteiger partial charge on any atom is 0.261 e. The Morgan fingerprint density at radius 2 is 2.00 bits per heavy atom. The van der Waals surface area contributed by atoms with Gasteiger partial charge in [-0.2, -0.15) is 0 Å². The van der Waals surface area contributed by atoms with Crippen molar-refractivity contribution in [1.82, 2.24) is 10.2 Å². The van der Waals surface area contributed by atoms with Gasteiger partial charge in [0.15, 0.2) is 0 Å². The van der Waals surface area contributed by atoms with E-state index in [1.165, 1.54) is 17.4 Å². The number of nitrogens with zero attached hydrogens (tertiary/aromatic N) is 1. The number of hydrogen-bond donors (Lipinski definition) is 1. The summed E-state index contributed by atoms with van der Waals surface area (Å²) in [6.45, 7) is 0.746. The van der Waals surface area contributed by atoms with Gasteiger partial charge in [0.25, 0.3) is 5.91 Å². The monoisotopic (exact) mass is 374 g/mol. The molecule has 1 saturated carbocycles. The minimum absolute atomic E-state index is 0.0352. The van der Waals surface area contributed by atoms with E-state index in [2.05, 4.69) is 24.3 Å². The van der Waals surface area contributed by atoms with Gasteiger partial charge in [-0.15, -0.1) is 11.3 Å². The molecular weight excluding hydrogens is 347 g/mol. The van der Waals surface area contributed by atoms with Crippen LogP contribution >= 0.6 is 11.3 Å². The van der Waals surface area contributed by atoms with E-state index in [1.807, 2.05) is 23.6 Å². The van der Waals surface area contributed by atoms with Crippen LogP contribution in [-0.4, -0.2) is 31.4 Å². The molecule has 1 heterocycles. The molecule has 5 heteroatoms. The third-order valence-electron chi connectivity index (χ3n) is 5.38. The van der Waals surface area contributed by atoms with Crippen LogP contribution in [0.5, 0.6) is 0 Å². The van der Waals surface area contributed by atoms with Crippen molar-refractivity contribution in [2.75, 3.05) is 20.6 Å². The lowest BCUT2D eigenvalue weighted by atomic mass is 9.76. The van der Waals surface area contributed by atoms with Gasteiger partial charge >= 0.3 is 0 Å². The van der Waals surface area contributed by atoms with Crippen molar-refractivity contribution >= 4 is 17.2 Å². The average molecular weight is 375 g/mol. The van der Waals surface area contributed by atoms with E-state index in [4.69, 9.17) is 0 Å². The lowest BCUT2D eigenvalue weighted by Crippen LogP contribution is -2.34. The molecule has 26 heavy (non-hydrogen) atoms. The van der Waals surface area contributed by atoms with Crippen LogP contribution in [0.3, 0.4) is 0 Å². The predicted molar refractivity (Wildman–Crippen MR) is 105 cm³/mol. The van der Waals surface area contributed by atoms with Crippen LogP contribution in [0.2, 0.25) is 0 Å². The molecule has 140 valence electrons. The van der Waals surface area contributed by atoms with Crippen molar-refractivity contribution in [3.05, 3.63) is 58.0 Å². The summed E-state index contributed by atoms with van der Waals surface area (Å²) in [5.74, 6) is 0.925. The molecule has 1 fully saturated rings. The molecule has 0 bridgehead atoms. The molecule has 3 rings (SSSR count). The van der Waals surface area contributed by atoms with Crippen LogP contribution in [0.1, 0.15) is 47.0 Å². The number of amides is 1. The predicted octanol–water partition coefficient (Wildman–Crippen LogP) is 4.73. The summed E-state index contributed by atoms with van der Waals surface area (Å²) in [7, 11) is 4.14. The van der Waals surface area contributed by atoms with Crippen molar-refractivity contribution in [2.24, 2.45) is 11.8 Å². The number of halogens is 1. The van der Waals surface area contributed by atoms with Crippen LogP contribution in [0.25, 0.3) is 0 Å². The summed E-state index contributed by atoms with van der Waals surface area (Å²) >= 11 is 1.48. The molecule has 3 nitrogen and oxygen atoms in total. The van der Waals surface area contributed by atoms with Crippen LogP contribution in [-0.2, 0) is 0 Å². The number of carbonyl (C=O) groups is 1. The van der Waals surface area contributed by atoms with Crippen molar-refractivity contribution in [2.45, 2.75) is 31.7 Å². The Hall–Kier alpha value is -1.72. The fraction of sp³-hybridized carbons (Fsp3) is 0.476. The highest BCUT2D eigenvalue weighted by atomic mass is 32.1. The van der Waals surface area contributed by atoms with Gasteiger partial charge in [-0.05, 0) is 80.8 Å². The van der Waals surface area contributed by atoms with E-state index in [-0.39, 0.29) is 17.8 Å². The zero-order valence-corrected chi connectivity index (χ0v) is 16.3. The highest BCUT2D eigenvalue weighted by molar-refractivity contribution is 7.12. The number of nitrogens with one attached hydrogen (secondary N) is 1. The average Bonchev–Trinajstić information content (AvgIpc) is 3.15. The highest BCUT2D eigenvalue weighted by Gasteiger charge is 2.30. The highest BCUT2D eigenvalue weighted by Crippen LogP contribution is 2.39. The SMILES string of the molecule is CN(C)C(c1cccc(F)c1)C1CCC(CNC(=O)c2cccs2)CC1. The lowest BCUT2D eigenvalue weighted by Gasteiger charge is -2.37. The molecule has 2 aromatic rings. The Balaban J connectivity index is 1.54. The Labute approximate surface area is 159 Å². The molecule has 0 spiro atoms. The zero-order chi connectivity index (χ0) is 18.5. The Kier molecular flexibility index (Phi) is 6.43. The topological polar surface area (TPSA) is 32.3 Å². The normalized spacial score (nSPS) is 21.5. The van der Waals surface area contributed by atoms with Crippen molar-refractivity contribution in [1.29, 1.82) is 0 Å². The molecule has 0 radical (unpaired) electrons. The standard InChI is InChI=1S/C21H27FN2OS/c1-24(2)20(17-5-3-6-18(22)13-17)16-10-8-15(9-11-16)14-23-21(25)19-7-4-12-26-19/h3-7,12-13,15-16,20H,8-11,14H2,1-2H3,(H,23,25). The molecule has 1 atom stereocenters. The van der Waals surface area contributed by atoms with Gasteiger partial charge in [-0.25, -0.2) is 4.39 Å². The number of carbonyl (C=O) groups excluding carboxylic acids is 1. The second-order valence-electron chi connectivity index (χ2n) is 7.43. The van der Waals surface area contributed by atoms with Crippen molar-refractivity contribution in [3.63, 3.8) is 0 Å². The summed E-state index contributed by atoms with van der Waals surface area (Å²) in [6, 6.07) is 11.0. The minimum atomic E-state index is -0.167. The van der Waals surface area contributed by atoms with Gasteiger partial charge in [-0.3, -0.25) is 4.79 Å². The van der Waals surface area contributed by atoms with E-state index in [0.717, 1.165) is 42.7 Å². The van der Waals surface area contributed by atoms with Gasteiger partial charge in [-0.1, -0.05) is 18.2 Å². The zero-order valence-electron chi connectivity index (χ0n) is 15.5. The number of rotatable bonds is 6. The van der Waals surface area contributed by atoms with E-state index >= 15 is 0 Å².